The van der Waals surface area contributed by atoms with Crippen LogP contribution in [0.15, 0.2) is 71.7 Å². The van der Waals surface area contributed by atoms with Gasteiger partial charge in [0, 0.05) is 16.8 Å². The second kappa shape index (κ2) is 8.49. The number of pyridine rings is 1. The second-order valence-corrected chi connectivity index (χ2v) is 6.34. The van der Waals surface area contributed by atoms with Crippen LogP contribution in [0.1, 0.15) is 26.3 Å². The summed E-state index contributed by atoms with van der Waals surface area (Å²) < 4.78 is 14.3. The number of carbonyl (C=O) groups is 2. The van der Waals surface area contributed by atoms with Crippen molar-refractivity contribution in [3.8, 4) is 0 Å². The Bertz CT molecular complexity index is 1080. The number of carbonyl (C=O) groups excluding carboxylic acids is 2. The molecule has 1 aromatic heterocycles. The van der Waals surface area contributed by atoms with E-state index in [2.05, 4.69) is 10.9 Å². The number of nitrogens with zero attached hydrogens (tertiary/aromatic N) is 1. The minimum atomic E-state index is -0.756. The molecule has 2 aromatic carbocycles. The Morgan fingerprint density at radius 3 is 2.39 bits per heavy atom. The van der Waals surface area contributed by atoms with Crippen molar-refractivity contribution in [2.24, 2.45) is 0 Å². The average Bonchev–Trinajstić information content (AvgIpc) is 2.69. The van der Waals surface area contributed by atoms with E-state index in [1.165, 1.54) is 41.1 Å². The zero-order valence-corrected chi connectivity index (χ0v) is 15.2. The van der Waals surface area contributed by atoms with Crippen molar-refractivity contribution in [2.45, 2.75) is 6.54 Å². The van der Waals surface area contributed by atoms with Gasteiger partial charge in [-0.1, -0.05) is 29.8 Å². The van der Waals surface area contributed by atoms with E-state index in [9.17, 15) is 18.8 Å². The highest BCUT2D eigenvalue weighted by atomic mass is 35.5. The highest BCUT2D eigenvalue weighted by Crippen LogP contribution is 2.10. The molecule has 0 radical (unpaired) electrons. The molecule has 0 saturated carbocycles. The molecule has 0 unspecified atom stereocenters. The summed E-state index contributed by atoms with van der Waals surface area (Å²) in [6.07, 6.45) is 1.52. The second-order valence-electron chi connectivity index (χ2n) is 5.90. The van der Waals surface area contributed by atoms with Gasteiger partial charge in [-0.3, -0.25) is 25.2 Å². The summed E-state index contributed by atoms with van der Waals surface area (Å²) in [6.45, 7) is 0.176. The normalized spacial score (nSPS) is 10.4. The fourth-order valence-corrected chi connectivity index (χ4v) is 2.69. The maximum Gasteiger partial charge on any atom is 0.275 e. The molecule has 0 aliphatic rings. The zero-order chi connectivity index (χ0) is 20.1. The van der Waals surface area contributed by atoms with E-state index in [1.807, 2.05) is 0 Å². The molecule has 0 atom stereocenters. The summed E-state index contributed by atoms with van der Waals surface area (Å²) in [5, 5.41) is 0.380. The van der Waals surface area contributed by atoms with E-state index in [0.717, 1.165) is 0 Å². The van der Waals surface area contributed by atoms with Gasteiger partial charge in [-0.05, 0) is 48.0 Å². The van der Waals surface area contributed by atoms with Crippen LogP contribution in [-0.2, 0) is 6.54 Å². The van der Waals surface area contributed by atoms with Gasteiger partial charge in [0.25, 0.3) is 17.4 Å². The van der Waals surface area contributed by atoms with Crippen LogP contribution in [0.25, 0.3) is 0 Å². The van der Waals surface area contributed by atoms with E-state index in [4.69, 9.17) is 11.6 Å². The van der Waals surface area contributed by atoms with Crippen molar-refractivity contribution in [3.05, 3.63) is 105 Å². The van der Waals surface area contributed by atoms with Crippen LogP contribution in [0.4, 0.5) is 4.39 Å². The first-order valence-electron chi connectivity index (χ1n) is 8.24. The third-order valence-electron chi connectivity index (χ3n) is 3.91. The molecule has 2 amide bonds. The van der Waals surface area contributed by atoms with E-state index < -0.39 is 17.4 Å². The lowest BCUT2D eigenvalue weighted by molar-refractivity contribution is 0.0845. The number of rotatable bonds is 4. The number of benzene rings is 2. The molecule has 0 bridgehead atoms. The smallest absolute Gasteiger partial charge is 0.275 e. The summed E-state index contributed by atoms with van der Waals surface area (Å²) in [5.41, 5.74) is 4.73. The molecule has 8 heteroatoms. The predicted octanol–water partition coefficient (Wildman–Crippen LogP) is 2.76. The molecule has 142 valence electrons. The van der Waals surface area contributed by atoms with Crippen molar-refractivity contribution < 1.29 is 14.0 Å². The van der Waals surface area contributed by atoms with Crippen molar-refractivity contribution in [1.29, 1.82) is 0 Å². The molecule has 6 nitrogen and oxygen atoms in total. The van der Waals surface area contributed by atoms with Gasteiger partial charge in [-0.15, -0.1) is 0 Å². The number of hydrogen-bond donors (Lipinski definition) is 2. The van der Waals surface area contributed by atoms with Crippen LogP contribution in [0, 0.1) is 5.82 Å². The summed E-state index contributed by atoms with van der Waals surface area (Å²) in [7, 11) is 0. The Morgan fingerprint density at radius 2 is 1.68 bits per heavy atom. The highest BCUT2D eigenvalue weighted by Gasteiger charge is 2.14. The van der Waals surface area contributed by atoms with Crippen LogP contribution >= 0.6 is 11.6 Å². The molecular formula is C20H15ClFN3O3. The summed E-state index contributed by atoms with van der Waals surface area (Å²) in [4.78, 5) is 36.9. The number of amides is 2. The lowest BCUT2D eigenvalue weighted by Crippen LogP contribution is -2.44. The summed E-state index contributed by atoms with van der Waals surface area (Å²) in [6, 6.07) is 14.8. The average molecular weight is 400 g/mol. The molecule has 0 fully saturated rings. The molecule has 28 heavy (non-hydrogen) atoms. The first-order valence-corrected chi connectivity index (χ1v) is 8.62. The highest BCUT2D eigenvalue weighted by molar-refractivity contribution is 6.30. The van der Waals surface area contributed by atoms with Crippen LogP contribution < -0.4 is 16.4 Å². The summed E-state index contributed by atoms with van der Waals surface area (Å²) in [5.74, 6) is -1.70. The van der Waals surface area contributed by atoms with Crippen molar-refractivity contribution in [3.63, 3.8) is 0 Å². The van der Waals surface area contributed by atoms with Gasteiger partial charge in [-0.2, -0.15) is 0 Å². The number of aromatic nitrogens is 1. The maximum absolute atomic E-state index is 13.0. The molecule has 0 saturated heterocycles. The monoisotopic (exact) mass is 399 g/mol. The first kappa shape index (κ1) is 19.3. The van der Waals surface area contributed by atoms with E-state index in [1.54, 1.807) is 30.3 Å². The van der Waals surface area contributed by atoms with Gasteiger partial charge in [-0.25, -0.2) is 4.39 Å². The van der Waals surface area contributed by atoms with E-state index in [-0.39, 0.29) is 23.5 Å². The third-order valence-corrected chi connectivity index (χ3v) is 4.14. The van der Waals surface area contributed by atoms with Crippen LogP contribution in [0.3, 0.4) is 0 Å². The number of halogens is 2. The lowest BCUT2D eigenvalue weighted by atomic mass is 10.2. The maximum atomic E-state index is 13.0. The fraction of sp³-hybridized carbons (Fsp3) is 0.0500. The number of hydrogen-bond acceptors (Lipinski definition) is 3. The van der Waals surface area contributed by atoms with Gasteiger partial charge < -0.3 is 4.57 Å². The number of nitrogens with one attached hydrogen (secondary N) is 2. The topological polar surface area (TPSA) is 80.2 Å². The van der Waals surface area contributed by atoms with Crippen LogP contribution in [0.2, 0.25) is 5.02 Å². The molecule has 0 spiro atoms. The zero-order valence-electron chi connectivity index (χ0n) is 14.5. The molecule has 1 heterocycles. The SMILES string of the molecule is O=C(NNC(=O)c1cccn(Cc2ccc(F)cc2)c1=O)c1cccc(Cl)c1. The molecule has 0 aliphatic carbocycles. The molecule has 2 N–H and O–H groups in total. The third kappa shape index (κ3) is 4.63. The van der Waals surface area contributed by atoms with Crippen molar-refractivity contribution in [1.82, 2.24) is 15.4 Å². The standard InChI is InChI=1S/C20H15ClFN3O3/c21-15-4-1-3-14(11-15)18(26)23-24-19(27)17-5-2-10-25(20(17)28)12-13-6-8-16(22)9-7-13/h1-11H,12H2,(H,23,26)(H,24,27). The number of hydrazine groups is 1. The molecule has 3 rings (SSSR count). The van der Waals surface area contributed by atoms with Gasteiger partial charge in [0.2, 0.25) is 0 Å². The lowest BCUT2D eigenvalue weighted by Gasteiger charge is -2.10. The van der Waals surface area contributed by atoms with Gasteiger partial charge >= 0.3 is 0 Å². The Kier molecular flexibility index (Phi) is 5.86. The molecule has 3 aromatic rings. The Labute approximate surface area is 164 Å². The minimum Gasteiger partial charge on any atom is -0.310 e. The van der Waals surface area contributed by atoms with Crippen molar-refractivity contribution >= 4 is 23.4 Å². The minimum absolute atomic E-state index is 0.143. The van der Waals surface area contributed by atoms with Gasteiger partial charge in [0.1, 0.15) is 11.4 Å². The predicted molar refractivity (Wildman–Crippen MR) is 103 cm³/mol. The van der Waals surface area contributed by atoms with Crippen molar-refractivity contribution in [2.75, 3.05) is 0 Å². The Morgan fingerprint density at radius 1 is 0.964 bits per heavy atom. The molecule has 0 aliphatic heterocycles. The fourth-order valence-electron chi connectivity index (χ4n) is 2.50. The largest absolute Gasteiger partial charge is 0.310 e. The van der Waals surface area contributed by atoms with Gasteiger partial charge in [0.05, 0.1) is 6.54 Å². The Hall–Kier alpha value is -3.45. The summed E-state index contributed by atoms with van der Waals surface area (Å²) >= 11 is 5.83. The quantitative estimate of drug-likeness (QED) is 0.662. The van der Waals surface area contributed by atoms with Crippen LogP contribution in [0.5, 0.6) is 0 Å². The van der Waals surface area contributed by atoms with Gasteiger partial charge in [0.15, 0.2) is 0 Å². The van der Waals surface area contributed by atoms with Crippen LogP contribution in [-0.4, -0.2) is 16.4 Å². The van der Waals surface area contributed by atoms with E-state index >= 15 is 0 Å². The first-order chi connectivity index (χ1) is 13.4. The Balaban J connectivity index is 1.71. The molecular weight excluding hydrogens is 385 g/mol. The van der Waals surface area contributed by atoms with E-state index in [0.29, 0.717) is 10.6 Å².